The third kappa shape index (κ3) is 3.35. The van der Waals surface area contributed by atoms with E-state index in [-0.39, 0.29) is 17.7 Å². The number of rotatable bonds is 4. The van der Waals surface area contributed by atoms with E-state index < -0.39 is 0 Å². The van der Waals surface area contributed by atoms with Gasteiger partial charge in [0.25, 0.3) is 5.91 Å². The number of nitrogens with one attached hydrogen (secondary N) is 2. The Kier molecular flexibility index (Phi) is 3.90. The maximum absolute atomic E-state index is 12.7. The predicted molar refractivity (Wildman–Crippen MR) is 97.5 cm³/mol. The molecule has 2 N–H and O–H groups in total. The van der Waals surface area contributed by atoms with Crippen LogP contribution in [-0.4, -0.2) is 16.8 Å². The smallest absolute Gasteiger partial charge is 0.258 e. The standard InChI is InChI=1S/C20H17N3O2/c24-19(13-8-9-13)22-17-12-15-6-2-1-5-14(15)11-16(17)20(25)23-18-7-3-4-10-21-18/h1-7,10-13H,8-9H2,(H,22,24)(H,21,23,25). The number of carbonyl (C=O) groups is 2. The first kappa shape index (κ1) is 15.3. The molecule has 0 saturated heterocycles. The van der Waals surface area contributed by atoms with Crippen LogP contribution in [0.4, 0.5) is 11.5 Å². The van der Waals surface area contributed by atoms with Crippen molar-refractivity contribution in [1.29, 1.82) is 0 Å². The molecule has 0 aliphatic heterocycles. The van der Waals surface area contributed by atoms with Crippen molar-refractivity contribution in [3.63, 3.8) is 0 Å². The topological polar surface area (TPSA) is 71.1 Å². The summed E-state index contributed by atoms with van der Waals surface area (Å²) in [5.41, 5.74) is 0.961. The number of benzene rings is 2. The van der Waals surface area contributed by atoms with Crippen LogP contribution >= 0.6 is 0 Å². The molecule has 0 unspecified atom stereocenters. The van der Waals surface area contributed by atoms with Crippen LogP contribution in [0.5, 0.6) is 0 Å². The first-order valence-electron chi connectivity index (χ1n) is 8.27. The Bertz CT molecular complexity index is 950. The predicted octanol–water partition coefficient (Wildman–Crippen LogP) is 3.84. The van der Waals surface area contributed by atoms with Crippen molar-refractivity contribution >= 4 is 34.1 Å². The summed E-state index contributed by atoms with van der Waals surface area (Å²) in [6.07, 6.45) is 3.44. The van der Waals surface area contributed by atoms with E-state index >= 15 is 0 Å². The first-order valence-corrected chi connectivity index (χ1v) is 8.27. The number of pyridine rings is 1. The van der Waals surface area contributed by atoms with Crippen LogP contribution in [0.2, 0.25) is 0 Å². The molecule has 1 saturated carbocycles. The minimum atomic E-state index is -0.296. The van der Waals surface area contributed by atoms with Gasteiger partial charge in [-0.25, -0.2) is 4.98 Å². The van der Waals surface area contributed by atoms with Gasteiger partial charge in [-0.2, -0.15) is 0 Å². The Morgan fingerprint density at radius 2 is 1.64 bits per heavy atom. The maximum Gasteiger partial charge on any atom is 0.258 e. The average molecular weight is 331 g/mol. The molecular weight excluding hydrogens is 314 g/mol. The van der Waals surface area contributed by atoms with E-state index in [1.54, 1.807) is 30.5 Å². The number of aromatic nitrogens is 1. The number of anilines is 2. The summed E-state index contributed by atoms with van der Waals surface area (Å²) in [5, 5.41) is 7.61. The molecule has 3 aromatic rings. The van der Waals surface area contributed by atoms with Crippen LogP contribution < -0.4 is 10.6 Å². The van der Waals surface area contributed by atoms with Gasteiger partial charge in [-0.05, 0) is 47.9 Å². The molecule has 5 nitrogen and oxygen atoms in total. The SMILES string of the molecule is O=C(Nc1ccccn1)c1cc2ccccc2cc1NC(=O)C1CC1. The Labute approximate surface area is 145 Å². The molecule has 1 aliphatic carbocycles. The number of hydrogen-bond acceptors (Lipinski definition) is 3. The Balaban J connectivity index is 1.71. The van der Waals surface area contributed by atoms with Gasteiger partial charge >= 0.3 is 0 Å². The van der Waals surface area contributed by atoms with Crippen molar-refractivity contribution in [3.05, 3.63) is 66.4 Å². The summed E-state index contributed by atoms with van der Waals surface area (Å²) < 4.78 is 0. The quantitative estimate of drug-likeness (QED) is 0.763. The number of hydrogen-bond donors (Lipinski definition) is 2. The minimum absolute atomic E-state index is 0.0258. The van der Waals surface area contributed by atoms with Crippen molar-refractivity contribution in [2.24, 2.45) is 5.92 Å². The van der Waals surface area contributed by atoms with E-state index in [9.17, 15) is 9.59 Å². The molecule has 1 heterocycles. The molecule has 124 valence electrons. The summed E-state index contributed by atoms with van der Waals surface area (Å²) in [4.78, 5) is 29.0. The second-order valence-corrected chi connectivity index (χ2v) is 6.18. The van der Waals surface area contributed by atoms with Gasteiger partial charge in [0.15, 0.2) is 0 Å². The molecule has 5 heteroatoms. The molecule has 1 aliphatic rings. The van der Waals surface area contributed by atoms with Crippen molar-refractivity contribution in [3.8, 4) is 0 Å². The van der Waals surface area contributed by atoms with Gasteiger partial charge in [-0.15, -0.1) is 0 Å². The molecule has 2 amide bonds. The minimum Gasteiger partial charge on any atom is -0.325 e. The third-order valence-electron chi connectivity index (χ3n) is 4.24. The first-order chi connectivity index (χ1) is 12.2. The summed E-state index contributed by atoms with van der Waals surface area (Å²) in [6.45, 7) is 0. The molecule has 0 radical (unpaired) electrons. The van der Waals surface area contributed by atoms with Crippen LogP contribution in [0.25, 0.3) is 10.8 Å². The molecule has 0 spiro atoms. The largest absolute Gasteiger partial charge is 0.325 e. The molecule has 2 aromatic carbocycles. The highest BCUT2D eigenvalue weighted by molar-refractivity contribution is 6.12. The van der Waals surface area contributed by atoms with Crippen molar-refractivity contribution < 1.29 is 9.59 Å². The zero-order chi connectivity index (χ0) is 17.2. The van der Waals surface area contributed by atoms with E-state index in [2.05, 4.69) is 15.6 Å². The summed E-state index contributed by atoms with van der Waals surface area (Å²) in [7, 11) is 0. The number of amides is 2. The zero-order valence-electron chi connectivity index (χ0n) is 13.5. The Morgan fingerprint density at radius 3 is 2.32 bits per heavy atom. The second-order valence-electron chi connectivity index (χ2n) is 6.18. The summed E-state index contributed by atoms with van der Waals surface area (Å²) in [5.74, 6) is 0.219. The molecule has 1 fully saturated rings. The average Bonchev–Trinajstić information content (AvgIpc) is 3.47. The van der Waals surface area contributed by atoms with Gasteiger partial charge in [0.2, 0.25) is 5.91 Å². The van der Waals surface area contributed by atoms with Crippen molar-refractivity contribution in [2.45, 2.75) is 12.8 Å². The monoisotopic (exact) mass is 331 g/mol. The summed E-state index contributed by atoms with van der Waals surface area (Å²) >= 11 is 0. The van der Waals surface area contributed by atoms with Crippen LogP contribution in [0.1, 0.15) is 23.2 Å². The van der Waals surface area contributed by atoms with Gasteiger partial charge in [0.05, 0.1) is 11.3 Å². The number of fused-ring (bicyclic) bond motifs is 1. The lowest BCUT2D eigenvalue weighted by molar-refractivity contribution is -0.117. The highest BCUT2D eigenvalue weighted by Gasteiger charge is 2.30. The Hall–Kier alpha value is -3.21. The molecule has 25 heavy (non-hydrogen) atoms. The fourth-order valence-corrected chi connectivity index (χ4v) is 2.73. The molecule has 1 aromatic heterocycles. The van der Waals surface area contributed by atoms with Crippen LogP contribution in [0, 0.1) is 5.92 Å². The van der Waals surface area contributed by atoms with Gasteiger partial charge < -0.3 is 10.6 Å². The lowest BCUT2D eigenvalue weighted by atomic mass is 10.0. The van der Waals surface area contributed by atoms with Crippen molar-refractivity contribution in [2.75, 3.05) is 10.6 Å². The highest BCUT2D eigenvalue weighted by Crippen LogP contribution is 2.32. The number of carbonyl (C=O) groups excluding carboxylic acids is 2. The molecular formula is C20H17N3O2. The molecule has 0 atom stereocenters. The van der Waals surface area contributed by atoms with Crippen LogP contribution in [-0.2, 0) is 4.79 Å². The van der Waals surface area contributed by atoms with E-state index in [0.29, 0.717) is 17.1 Å². The van der Waals surface area contributed by atoms with Crippen molar-refractivity contribution in [1.82, 2.24) is 4.98 Å². The van der Waals surface area contributed by atoms with Gasteiger partial charge in [0.1, 0.15) is 5.82 Å². The fraction of sp³-hybridized carbons (Fsp3) is 0.150. The number of nitrogens with zero attached hydrogens (tertiary/aromatic N) is 1. The third-order valence-corrected chi connectivity index (χ3v) is 4.24. The van der Waals surface area contributed by atoms with E-state index in [1.165, 1.54) is 0 Å². The maximum atomic E-state index is 12.7. The molecule has 4 rings (SSSR count). The van der Waals surface area contributed by atoms with E-state index in [0.717, 1.165) is 23.6 Å². The van der Waals surface area contributed by atoms with Crippen LogP contribution in [0.3, 0.4) is 0 Å². The normalized spacial score (nSPS) is 13.4. The van der Waals surface area contributed by atoms with Crippen LogP contribution in [0.15, 0.2) is 60.8 Å². The second kappa shape index (κ2) is 6.36. The van der Waals surface area contributed by atoms with E-state index in [1.807, 2.05) is 30.3 Å². The highest BCUT2D eigenvalue weighted by atomic mass is 16.2. The lowest BCUT2D eigenvalue weighted by Crippen LogP contribution is -2.19. The fourth-order valence-electron chi connectivity index (χ4n) is 2.73. The van der Waals surface area contributed by atoms with Gasteiger partial charge in [-0.3, -0.25) is 9.59 Å². The zero-order valence-corrected chi connectivity index (χ0v) is 13.5. The summed E-state index contributed by atoms with van der Waals surface area (Å²) in [6, 6.07) is 16.7. The van der Waals surface area contributed by atoms with Gasteiger partial charge in [-0.1, -0.05) is 30.3 Å². The van der Waals surface area contributed by atoms with E-state index in [4.69, 9.17) is 0 Å². The lowest BCUT2D eigenvalue weighted by Gasteiger charge is -2.13. The molecule has 0 bridgehead atoms. The van der Waals surface area contributed by atoms with Gasteiger partial charge in [0, 0.05) is 12.1 Å². The Morgan fingerprint density at radius 1 is 0.920 bits per heavy atom.